The minimum atomic E-state index is -0.362. The van der Waals surface area contributed by atoms with Crippen molar-refractivity contribution in [1.29, 1.82) is 0 Å². The molecule has 21 heavy (non-hydrogen) atoms. The number of amides is 1. The van der Waals surface area contributed by atoms with Crippen LogP contribution in [-0.4, -0.2) is 48.3 Å². The SMILES string of the molecule is O=C(N1CCOC(CO)C1)C1(c2ccccc2)CCCC1. The Morgan fingerprint density at radius 2 is 2.00 bits per heavy atom. The van der Waals surface area contributed by atoms with Crippen molar-refractivity contribution in [2.45, 2.75) is 37.2 Å². The molecule has 2 fully saturated rings. The minimum Gasteiger partial charge on any atom is -0.394 e. The molecule has 1 saturated heterocycles. The average molecular weight is 289 g/mol. The van der Waals surface area contributed by atoms with Crippen LogP contribution in [0.5, 0.6) is 0 Å². The van der Waals surface area contributed by atoms with Crippen molar-refractivity contribution in [3.63, 3.8) is 0 Å². The van der Waals surface area contributed by atoms with Gasteiger partial charge in [0.2, 0.25) is 5.91 Å². The van der Waals surface area contributed by atoms with Gasteiger partial charge < -0.3 is 14.7 Å². The van der Waals surface area contributed by atoms with Gasteiger partial charge in [-0.3, -0.25) is 4.79 Å². The predicted molar refractivity (Wildman–Crippen MR) is 80.0 cm³/mol. The number of aliphatic hydroxyl groups is 1. The lowest BCUT2D eigenvalue weighted by molar-refractivity contribution is -0.146. The van der Waals surface area contributed by atoms with Crippen LogP contribution in [0.3, 0.4) is 0 Å². The van der Waals surface area contributed by atoms with Crippen LogP contribution in [0, 0.1) is 0 Å². The Morgan fingerprint density at radius 3 is 2.67 bits per heavy atom. The summed E-state index contributed by atoms with van der Waals surface area (Å²) in [5.41, 5.74) is 0.776. The number of hydrogen-bond donors (Lipinski definition) is 1. The van der Waals surface area contributed by atoms with Gasteiger partial charge in [0.15, 0.2) is 0 Å². The van der Waals surface area contributed by atoms with Gasteiger partial charge in [-0.1, -0.05) is 43.2 Å². The molecule has 1 saturated carbocycles. The van der Waals surface area contributed by atoms with E-state index in [9.17, 15) is 9.90 Å². The summed E-state index contributed by atoms with van der Waals surface area (Å²) in [5.74, 6) is 0.216. The lowest BCUT2D eigenvalue weighted by atomic mass is 9.77. The third-order valence-corrected chi connectivity index (χ3v) is 4.82. The molecule has 114 valence electrons. The largest absolute Gasteiger partial charge is 0.394 e. The van der Waals surface area contributed by atoms with Gasteiger partial charge in [0.25, 0.3) is 0 Å². The number of ether oxygens (including phenoxy) is 1. The van der Waals surface area contributed by atoms with Gasteiger partial charge in [-0.2, -0.15) is 0 Å². The minimum absolute atomic E-state index is 0.0257. The van der Waals surface area contributed by atoms with E-state index in [1.807, 2.05) is 23.1 Å². The molecule has 2 aliphatic rings. The summed E-state index contributed by atoms with van der Waals surface area (Å²) < 4.78 is 5.46. The van der Waals surface area contributed by atoms with Gasteiger partial charge in [-0.25, -0.2) is 0 Å². The number of hydrogen-bond acceptors (Lipinski definition) is 3. The maximum atomic E-state index is 13.2. The second kappa shape index (κ2) is 6.16. The van der Waals surface area contributed by atoms with E-state index >= 15 is 0 Å². The van der Waals surface area contributed by atoms with Crippen LogP contribution < -0.4 is 0 Å². The highest BCUT2D eigenvalue weighted by molar-refractivity contribution is 5.88. The van der Waals surface area contributed by atoms with Gasteiger partial charge in [-0.15, -0.1) is 0 Å². The van der Waals surface area contributed by atoms with Crippen LogP contribution in [0.15, 0.2) is 30.3 Å². The van der Waals surface area contributed by atoms with E-state index in [-0.39, 0.29) is 24.0 Å². The Hall–Kier alpha value is -1.39. The van der Waals surface area contributed by atoms with Crippen LogP contribution >= 0.6 is 0 Å². The molecular formula is C17H23NO3. The summed E-state index contributed by atoms with van der Waals surface area (Å²) in [5, 5.41) is 9.27. The van der Waals surface area contributed by atoms with E-state index in [1.165, 1.54) is 0 Å². The summed E-state index contributed by atoms with van der Waals surface area (Å²) in [6.45, 7) is 1.62. The monoisotopic (exact) mass is 289 g/mol. The first-order valence-corrected chi connectivity index (χ1v) is 7.84. The molecule has 1 aromatic rings. The van der Waals surface area contributed by atoms with Crippen molar-refractivity contribution >= 4 is 5.91 Å². The molecule has 0 spiro atoms. The third-order valence-electron chi connectivity index (χ3n) is 4.82. The molecule has 4 nitrogen and oxygen atoms in total. The summed E-state index contributed by atoms with van der Waals surface area (Å²) in [6, 6.07) is 10.2. The molecule has 4 heteroatoms. The highest BCUT2D eigenvalue weighted by Gasteiger charge is 2.45. The highest BCUT2D eigenvalue weighted by Crippen LogP contribution is 2.42. The number of rotatable bonds is 3. The van der Waals surface area contributed by atoms with E-state index in [0.717, 1.165) is 31.2 Å². The van der Waals surface area contributed by atoms with Crippen molar-refractivity contribution < 1.29 is 14.6 Å². The first-order valence-electron chi connectivity index (χ1n) is 7.84. The first kappa shape index (κ1) is 14.5. The number of nitrogens with zero attached hydrogens (tertiary/aromatic N) is 1. The summed E-state index contributed by atoms with van der Waals surface area (Å²) in [7, 11) is 0. The lowest BCUT2D eigenvalue weighted by Gasteiger charge is -2.39. The molecule has 3 rings (SSSR count). The summed E-state index contributed by atoms with van der Waals surface area (Å²) in [6.07, 6.45) is 3.83. The fourth-order valence-corrected chi connectivity index (χ4v) is 3.68. The highest BCUT2D eigenvalue weighted by atomic mass is 16.5. The molecule has 1 atom stereocenters. The van der Waals surface area contributed by atoms with Crippen molar-refractivity contribution in [1.82, 2.24) is 4.90 Å². The maximum Gasteiger partial charge on any atom is 0.233 e. The molecule has 0 aromatic heterocycles. The Kier molecular flexibility index (Phi) is 4.27. The number of morpholine rings is 1. The molecule has 0 radical (unpaired) electrons. The predicted octanol–water partition coefficient (Wildman–Crippen LogP) is 1.72. The molecule has 1 aliphatic heterocycles. The van der Waals surface area contributed by atoms with Gasteiger partial charge in [0.1, 0.15) is 0 Å². The maximum absolute atomic E-state index is 13.2. The topological polar surface area (TPSA) is 49.8 Å². The Labute approximate surface area is 125 Å². The van der Waals surface area contributed by atoms with Gasteiger partial charge in [0.05, 0.1) is 24.7 Å². The fourth-order valence-electron chi connectivity index (χ4n) is 3.68. The molecular weight excluding hydrogens is 266 g/mol. The Bertz CT molecular complexity index is 482. The van der Waals surface area contributed by atoms with Gasteiger partial charge >= 0.3 is 0 Å². The van der Waals surface area contributed by atoms with Crippen LogP contribution in [0.4, 0.5) is 0 Å². The normalized spacial score (nSPS) is 25.0. The first-order chi connectivity index (χ1) is 10.3. The second-order valence-corrected chi connectivity index (χ2v) is 6.08. The zero-order valence-corrected chi connectivity index (χ0v) is 12.3. The molecule has 1 N–H and O–H groups in total. The standard InChI is InChI=1S/C17H23NO3/c19-13-15-12-18(10-11-21-15)16(20)17(8-4-5-9-17)14-6-2-1-3-7-14/h1-3,6-7,15,19H,4-5,8-13H2. The van der Waals surface area contributed by atoms with E-state index in [1.54, 1.807) is 0 Å². The van der Waals surface area contributed by atoms with Crippen molar-refractivity contribution in [2.75, 3.05) is 26.3 Å². The van der Waals surface area contributed by atoms with Crippen LogP contribution in [0.2, 0.25) is 0 Å². The Balaban J connectivity index is 1.86. The summed E-state index contributed by atoms with van der Waals surface area (Å²) in [4.78, 5) is 15.1. The average Bonchev–Trinajstić information content (AvgIpc) is 3.06. The van der Waals surface area contributed by atoms with Crippen LogP contribution in [-0.2, 0) is 14.9 Å². The molecule has 1 aliphatic carbocycles. The Morgan fingerprint density at radius 1 is 1.29 bits per heavy atom. The van der Waals surface area contributed by atoms with E-state index in [4.69, 9.17) is 4.74 Å². The summed E-state index contributed by atoms with van der Waals surface area (Å²) >= 11 is 0. The third kappa shape index (κ3) is 2.70. The fraction of sp³-hybridized carbons (Fsp3) is 0.588. The van der Waals surface area contributed by atoms with E-state index in [2.05, 4.69) is 12.1 Å². The molecule has 1 aromatic carbocycles. The molecule has 0 bridgehead atoms. The van der Waals surface area contributed by atoms with Gasteiger partial charge in [-0.05, 0) is 18.4 Å². The quantitative estimate of drug-likeness (QED) is 0.922. The van der Waals surface area contributed by atoms with Crippen LogP contribution in [0.1, 0.15) is 31.2 Å². The lowest BCUT2D eigenvalue weighted by Crippen LogP contribution is -2.53. The number of carbonyl (C=O) groups is 1. The van der Waals surface area contributed by atoms with Gasteiger partial charge in [0, 0.05) is 13.1 Å². The van der Waals surface area contributed by atoms with E-state index < -0.39 is 0 Å². The van der Waals surface area contributed by atoms with Crippen molar-refractivity contribution in [3.8, 4) is 0 Å². The van der Waals surface area contributed by atoms with Crippen LogP contribution in [0.25, 0.3) is 0 Å². The zero-order valence-electron chi connectivity index (χ0n) is 12.3. The van der Waals surface area contributed by atoms with Crippen molar-refractivity contribution in [2.24, 2.45) is 0 Å². The second-order valence-electron chi connectivity index (χ2n) is 6.08. The van der Waals surface area contributed by atoms with Crippen molar-refractivity contribution in [3.05, 3.63) is 35.9 Å². The smallest absolute Gasteiger partial charge is 0.233 e. The number of benzene rings is 1. The number of aliphatic hydroxyl groups excluding tert-OH is 1. The zero-order chi connectivity index (χ0) is 14.7. The molecule has 1 amide bonds. The molecule has 1 heterocycles. The molecule has 1 unspecified atom stereocenters. The van der Waals surface area contributed by atoms with E-state index in [0.29, 0.717) is 19.7 Å². The number of carbonyl (C=O) groups excluding carboxylic acids is 1.